The Labute approximate surface area is 120 Å². The molecule has 1 atom stereocenters. The van der Waals surface area contributed by atoms with Crippen LogP contribution >= 0.6 is 0 Å². The molecule has 1 aliphatic rings. The molecule has 0 aliphatic carbocycles. The largest absolute Gasteiger partial charge is 0.466 e. The number of hydrogen-bond acceptors (Lipinski definition) is 3. The summed E-state index contributed by atoms with van der Waals surface area (Å²) in [6.45, 7) is 9.18. The second-order valence-corrected chi connectivity index (χ2v) is 5.15. The quantitative estimate of drug-likeness (QED) is 0.640. The van der Waals surface area contributed by atoms with Crippen LogP contribution in [0.4, 0.5) is 0 Å². The Hall–Kier alpha value is -1.49. The fraction of sp³-hybridized carbons (Fsp3) is 0.667. The van der Waals surface area contributed by atoms with Gasteiger partial charge >= 0.3 is 0 Å². The Morgan fingerprint density at radius 1 is 1.40 bits per heavy atom. The Morgan fingerprint density at radius 3 is 2.85 bits per heavy atom. The van der Waals surface area contributed by atoms with Gasteiger partial charge in [0.05, 0.1) is 12.6 Å². The molecule has 1 fully saturated rings. The third-order valence-electron chi connectivity index (χ3n) is 3.42. The topological polar surface area (TPSA) is 58.8 Å². The van der Waals surface area contributed by atoms with Crippen molar-refractivity contribution in [3.63, 3.8) is 0 Å². The van der Waals surface area contributed by atoms with E-state index in [1.54, 1.807) is 0 Å². The molecule has 1 aliphatic heterocycles. The van der Waals surface area contributed by atoms with Gasteiger partial charge in [-0.2, -0.15) is 0 Å². The second kappa shape index (κ2) is 7.33. The van der Waals surface area contributed by atoms with E-state index in [1.807, 2.05) is 19.9 Å². The minimum absolute atomic E-state index is 0.316. The predicted octanol–water partition coefficient (Wildman–Crippen LogP) is 2.13. The molecule has 5 nitrogen and oxygen atoms in total. The highest BCUT2D eigenvalue weighted by atomic mass is 16.5. The molecule has 112 valence electrons. The number of ether oxygens (including phenoxy) is 1. The molecule has 2 N–H and O–H groups in total. The zero-order valence-electron chi connectivity index (χ0n) is 12.7. The monoisotopic (exact) mass is 279 g/mol. The number of furan rings is 1. The van der Waals surface area contributed by atoms with E-state index >= 15 is 0 Å². The number of aryl methyl sites for hydroxylation is 2. The van der Waals surface area contributed by atoms with E-state index in [4.69, 9.17) is 9.15 Å². The number of rotatable bonds is 5. The first-order valence-corrected chi connectivity index (χ1v) is 7.38. The summed E-state index contributed by atoms with van der Waals surface area (Å²) in [5.41, 5.74) is 1.14. The Balaban J connectivity index is 1.89. The van der Waals surface area contributed by atoms with Gasteiger partial charge in [0.1, 0.15) is 11.5 Å². The van der Waals surface area contributed by atoms with Gasteiger partial charge in [-0.3, -0.25) is 0 Å². The molecule has 0 radical (unpaired) electrons. The second-order valence-electron chi connectivity index (χ2n) is 5.15. The molecule has 2 heterocycles. The van der Waals surface area contributed by atoms with E-state index in [0.29, 0.717) is 12.6 Å². The van der Waals surface area contributed by atoms with E-state index in [-0.39, 0.29) is 0 Å². The van der Waals surface area contributed by atoms with Gasteiger partial charge in [0.25, 0.3) is 0 Å². The first-order chi connectivity index (χ1) is 9.69. The maximum Gasteiger partial charge on any atom is 0.191 e. The van der Waals surface area contributed by atoms with Crippen LogP contribution in [0.3, 0.4) is 0 Å². The van der Waals surface area contributed by atoms with Gasteiger partial charge < -0.3 is 19.8 Å². The molecule has 1 unspecified atom stereocenters. The minimum atomic E-state index is 0.316. The Bertz CT molecular complexity index is 448. The van der Waals surface area contributed by atoms with Gasteiger partial charge in [0.15, 0.2) is 5.96 Å². The first kappa shape index (κ1) is 14.9. The molecule has 1 aromatic rings. The molecule has 0 aromatic carbocycles. The number of nitrogens with zero attached hydrogens (tertiary/aromatic N) is 1. The van der Waals surface area contributed by atoms with Crippen LogP contribution < -0.4 is 10.6 Å². The SMILES string of the molecule is CCNC(=NCc1cc(C)oc1C)NCC1CCCO1. The van der Waals surface area contributed by atoms with Crippen molar-refractivity contribution in [1.29, 1.82) is 0 Å². The summed E-state index contributed by atoms with van der Waals surface area (Å²) >= 11 is 0. The van der Waals surface area contributed by atoms with Crippen molar-refractivity contribution in [2.75, 3.05) is 19.7 Å². The number of guanidine groups is 1. The van der Waals surface area contributed by atoms with E-state index in [0.717, 1.165) is 55.6 Å². The third kappa shape index (κ3) is 4.27. The smallest absolute Gasteiger partial charge is 0.191 e. The van der Waals surface area contributed by atoms with Gasteiger partial charge in [-0.25, -0.2) is 4.99 Å². The van der Waals surface area contributed by atoms with Crippen LogP contribution in [-0.4, -0.2) is 31.8 Å². The number of nitrogens with one attached hydrogen (secondary N) is 2. The van der Waals surface area contributed by atoms with Crippen LogP contribution in [0, 0.1) is 13.8 Å². The van der Waals surface area contributed by atoms with Crippen molar-refractivity contribution in [2.45, 2.75) is 46.3 Å². The molecule has 5 heteroatoms. The Morgan fingerprint density at radius 2 is 2.25 bits per heavy atom. The molecule has 0 spiro atoms. The number of aliphatic imine (C=N–C) groups is 1. The normalized spacial score (nSPS) is 19.4. The lowest BCUT2D eigenvalue weighted by Crippen LogP contribution is -2.41. The zero-order chi connectivity index (χ0) is 14.4. The zero-order valence-corrected chi connectivity index (χ0v) is 12.7. The lowest BCUT2D eigenvalue weighted by atomic mass is 10.2. The van der Waals surface area contributed by atoms with Gasteiger partial charge in [0.2, 0.25) is 0 Å². The lowest BCUT2D eigenvalue weighted by molar-refractivity contribution is 0.114. The summed E-state index contributed by atoms with van der Waals surface area (Å²) in [6.07, 6.45) is 2.61. The summed E-state index contributed by atoms with van der Waals surface area (Å²) in [5.74, 6) is 2.72. The van der Waals surface area contributed by atoms with Crippen molar-refractivity contribution >= 4 is 5.96 Å². The first-order valence-electron chi connectivity index (χ1n) is 7.38. The van der Waals surface area contributed by atoms with Crippen LogP contribution in [0.5, 0.6) is 0 Å². The highest BCUT2D eigenvalue weighted by molar-refractivity contribution is 5.79. The van der Waals surface area contributed by atoms with Crippen LogP contribution in [-0.2, 0) is 11.3 Å². The molecule has 20 heavy (non-hydrogen) atoms. The van der Waals surface area contributed by atoms with Crippen molar-refractivity contribution in [3.05, 3.63) is 23.2 Å². The molecule has 0 saturated carbocycles. The average Bonchev–Trinajstić information content (AvgIpc) is 3.03. The molecule has 0 amide bonds. The molecule has 2 rings (SSSR count). The van der Waals surface area contributed by atoms with Gasteiger partial charge in [-0.15, -0.1) is 0 Å². The lowest BCUT2D eigenvalue weighted by Gasteiger charge is -2.14. The summed E-state index contributed by atoms with van der Waals surface area (Å²) in [7, 11) is 0. The molecular weight excluding hydrogens is 254 g/mol. The summed E-state index contributed by atoms with van der Waals surface area (Å²) < 4.78 is 11.1. The fourth-order valence-electron chi connectivity index (χ4n) is 2.36. The van der Waals surface area contributed by atoms with Gasteiger partial charge in [0, 0.05) is 25.3 Å². The van der Waals surface area contributed by atoms with E-state index in [1.165, 1.54) is 0 Å². The minimum Gasteiger partial charge on any atom is -0.466 e. The molecule has 1 saturated heterocycles. The third-order valence-corrected chi connectivity index (χ3v) is 3.42. The van der Waals surface area contributed by atoms with E-state index < -0.39 is 0 Å². The maximum absolute atomic E-state index is 5.61. The standard InChI is InChI=1S/C15H25N3O2/c1-4-16-15(18-10-14-6-5-7-19-14)17-9-13-8-11(2)20-12(13)3/h8,14H,4-7,9-10H2,1-3H3,(H2,16,17,18). The van der Waals surface area contributed by atoms with Gasteiger partial charge in [-0.05, 0) is 39.7 Å². The summed E-state index contributed by atoms with van der Waals surface area (Å²) in [4.78, 5) is 4.60. The summed E-state index contributed by atoms with van der Waals surface area (Å²) in [5, 5.41) is 6.60. The van der Waals surface area contributed by atoms with Crippen molar-refractivity contribution < 1.29 is 9.15 Å². The highest BCUT2D eigenvalue weighted by Gasteiger charge is 2.15. The van der Waals surface area contributed by atoms with Crippen LogP contribution in [0.2, 0.25) is 0 Å². The van der Waals surface area contributed by atoms with Gasteiger partial charge in [-0.1, -0.05) is 0 Å². The molecule has 1 aromatic heterocycles. The number of hydrogen-bond donors (Lipinski definition) is 2. The molecule has 0 bridgehead atoms. The average molecular weight is 279 g/mol. The maximum atomic E-state index is 5.61. The molecular formula is C15H25N3O2. The van der Waals surface area contributed by atoms with E-state index in [9.17, 15) is 0 Å². The van der Waals surface area contributed by atoms with Crippen molar-refractivity contribution in [1.82, 2.24) is 10.6 Å². The fourth-order valence-corrected chi connectivity index (χ4v) is 2.36. The van der Waals surface area contributed by atoms with E-state index in [2.05, 4.69) is 22.5 Å². The van der Waals surface area contributed by atoms with Crippen LogP contribution in [0.15, 0.2) is 15.5 Å². The van der Waals surface area contributed by atoms with Crippen LogP contribution in [0.25, 0.3) is 0 Å². The van der Waals surface area contributed by atoms with Crippen molar-refractivity contribution in [3.8, 4) is 0 Å². The predicted molar refractivity (Wildman–Crippen MR) is 80.0 cm³/mol. The van der Waals surface area contributed by atoms with Crippen LogP contribution in [0.1, 0.15) is 36.8 Å². The highest BCUT2D eigenvalue weighted by Crippen LogP contribution is 2.14. The Kier molecular flexibility index (Phi) is 5.47. The van der Waals surface area contributed by atoms with Crippen molar-refractivity contribution in [2.24, 2.45) is 4.99 Å². The summed E-state index contributed by atoms with van der Waals surface area (Å²) in [6, 6.07) is 2.04.